The highest BCUT2D eigenvalue weighted by molar-refractivity contribution is 5.95. The van der Waals surface area contributed by atoms with Crippen LogP contribution in [0.3, 0.4) is 0 Å². The van der Waals surface area contributed by atoms with E-state index in [9.17, 15) is 9.59 Å². The second-order valence-electron chi connectivity index (χ2n) is 7.64. The third kappa shape index (κ3) is 4.54. The number of benzene rings is 2. The molecule has 0 saturated carbocycles. The first-order valence-electron chi connectivity index (χ1n) is 10.4. The van der Waals surface area contributed by atoms with Crippen molar-refractivity contribution < 1.29 is 14.3 Å². The van der Waals surface area contributed by atoms with Crippen LogP contribution in [-0.2, 0) is 9.59 Å². The Morgan fingerprint density at radius 3 is 2.43 bits per heavy atom. The number of hydrogen-bond donors (Lipinski definition) is 0. The number of carbonyl (C=O) groups is 2. The molecule has 156 valence electrons. The van der Waals surface area contributed by atoms with E-state index in [4.69, 9.17) is 4.74 Å². The number of carbonyl (C=O) groups excluding carboxylic acids is 2. The van der Waals surface area contributed by atoms with Crippen LogP contribution in [0.4, 0.5) is 5.69 Å². The van der Waals surface area contributed by atoms with Gasteiger partial charge in [0, 0.05) is 39.6 Å². The van der Waals surface area contributed by atoms with Crippen molar-refractivity contribution in [2.75, 3.05) is 44.2 Å². The van der Waals surface area contributed by atoms with E-state index in [-0.39, 0.29) is 18.4 Å². The van der Waals surface area contributed by atoms with Crippen LogP contribution in [0.15, 0.2) is 60.7 Å². The van der Waals surface area contributed by atoms with E-state index in [1.54, 1.807) is 4.90 Å². The number of hydrogen-bond acceptors (Lipinski definition) is 4. The molecule has 6 nitrogen and oxygen atoms in total. The van der Waals surface area contributed by atoms with Crippen molar-refractivity contribution in [3.8, 4) is 5.75 Å². The first kappa shape index (κ1) is 20.2. The van der Waals surface area contributed by atoms with Crippen LogP contribution in [0, 0.1) is 0 Å². The standard InChI is InChI=1S/C24H27N3O3/c1-19(28)27-18-23(30-22-12-6-5-11-21(22)27)24(29)26-16-14-25(15-17-26)13-7-10-20-8-3-2-4-9-20/h2-12,23H,13-18H2,1H3/b10-7+. The molecule has 2 aromatic carbocycles. The second-order valence-corrected chi connectivity index (χ2v) is 7.64. The lowest BCUT2D eigenvalue weighted by Gasteiger charge is -2.39. The minimum absolute atomic E-state index is 0.0461. The van der Waals surface area contributed by atoms with Gasteiger partial charge in [0.1, 0.15) is 5.75 Å². The summed E-state index contributed by atoms with van der Waals surface area (Å²) >= 11 is 0. The SMILES string of the molecule is CC(=O)N1CC(C(=O)N2CCN(C/C=C/c3ccccc3)CC2)Oc2ccccc21. The molecular formula is C24H27N3O3. The smallest absolute Gasteiger partial charge is 0.265 e. The van der Waals surface area contributed by atoms with E-state index in [0.29, 0.717) is 18.8 Å². The Kier molecular flexibility index (Phi) is 6.14. The van der Waals surface area contributed by atoms with Crippen LogP contribution in [0.25, 0.3) is 6.08 Å². The minimum Gasteiger partial charge on any atom is -0.476 e. The molecule has 6 heteroatoms. The molecule has 1 unspecified atom stereocenters. The molecule has 1 fully saturated rings. The normalized spacial score (nSPS) is 19.4. The average Bonchev–Trinajstić information content (AvgIpc) is 2.79. The maximum Gasteiger partial charge on any atom is 0.265 e. The van der Waals surface area contributed by atoms with Crippen molar-refractivity contribution in [1.82, 2.24) is 9.80 Å². The van der Waals surface area contributed by atoms with Gasteiger partial charge in [0.2, 0.25) is 5.91 Å². The lowest BCUT2D eigenvalue weighted by Crippen LogP contribution is -2.56. The maximum atomic E-state index is 13.1. The van der Waals surface area contributed by atoms with Crippen LogP contribution >= 0.6 is 0 Å². The minimum atomic E-state index is -0.659. The average molecular weight is 405 g/mol. The van der Waals surface area contributed by atoms with Crippen molar-refractivity contribution in [2.24, 2.45) is 0 Å². The Morgan fingerprint density at radius 2 is 1.70 bits per heavy atom. The summed E-state index contributed by atoms with van der Waals surface area (Å²) < 4.78 is 5.96. The van der Waals surface area contributed by atoms with Gasteiger partial charge in [-0.1, -0.05) is 54.6 Å². The molecule has 0 aliphatic carbocycles. The molecule has 0 spiro atoms. The highest BCUT2D eigenvalue weighted by atomic mass is 16.5. The number of rotatable bonds is 4. The highest BCUT2D eigenvalue weighted by Gasteiger charge is 2.35. The van der Waals surface area contributed by atoms with E-state index in [1.165, 1.54) is 12.5 Å². The van der Waals surface area contributed by atoms with E-state index in [0.717, 1.165) is 25.3 Å². The molecule has 2 amide bonds. The topological polar surface area (TPSA) is 53.1 Å². The van der Waals surface area contributed by atoms with Crippen molar-refractivity contribution >= 4 is 23.6 Å². The molecule has 2 heterocycles. The summed E-state index contributed by atoms with van der Waals surface area (Å²) in [5.74, 6) is 0.454. The van der Waals surface area contributed by atoms with Gasteiger partial charge in [0.25, 0.3) is 5.91 Å². The molecule has 0 bridgehead atoms. The Bertz CT molecular complexity index is 920. The van der Waals surface area contributed by atoms with Crippen LogP contribution < -0.4 is 9.64 Å². The third-order valence-electron chi connectivity index (χ3n) is 5.59. The molecule has 0 N–H and O–H groups in total. The predicted octanol–water partition coefficient (Wildman–Crippen LogP) is 2.66. The van der Waals surface area contributed by atoms with Gasteiger partial charge in [-0.15, -0.1) is 0 Å². The number of nitrogens with zero attached hydrogens (tertiary/aromatic N) is 3. The molecule has 1 saturated heterocycles. The molecular weight excluding hydrogens is 378 g/mol. The Morgan fingerprint density at radius 1 is 1.00 bits per heavy atom. The first-order chi connectivity index (χ1) is 14.6. The molecule has 2 aliphatic heterocycles. The van der Waals surface area contributed by atoms with E-state index < -0.39 is 6.10 Å². The lowest BCUT2D eigenvalue weighted by atomic mass is 10.1. The van der Waals surface area contributed by atoms with Gasteiger partial charge in [0.05, 0.1) is 12.2 Å². The number of piperazine rings is 1. The molecule has 2 aliphatic rings. The Balaban J connectivity index is 1.32. The number of anilines is 1. The second kappa shape index (κ2) is 9.13. The Hall–Kier alpha value is -3.12. The maximum absolute atomic E-state index is 13.1. The fraction of sp³-hybridized carbons (Fsp3) is 0.333. The zero-order valence-corrected chi connectivity index (χ0v) is 17.2. The number of ether oxygens (including phenoxy) is 1. The molecule has 30 heavy (non-hydrogen) atoms. The zero-order valence-electron chi connectivity index (χ0n) is 17.2. The third-order valence-corrected chi connectivity index (χ3v) is 5.59. The van der Waals surface area contributed by atoms with Gasteiger partial charge in [-0.2, -0.15) is 0 Å². The van der Waals surface area contributed by atoms with Gasteiger partial charge >= 0.3 is 0 Å². The number of amides is 2. The highest BCUT2D eigenvalue weighted by Crippen LogP contribution is 2.33. The summed E-state index contributed by atoms with van der Waals surface area (Å²) in [7, 11) is 0. The Labute approximate surface area is 177 Å². The molecule has 0 radical (unpaired) electrons. The van der Waals surface area contributed by atoms with Crippen molar-refractivity contribution in [3.05, 3.63) is 66.2 Å². The van der Waals surface area contributed by atoms with Crippen molar-refractivity contribution in [3.63, 3.8) is 0 Å². The number of fused-ring (bicyclic) bond motifs is 1. The van der Waals surface area contributed by atoms with Crippen molar-refractivity contribution in [1.29, 1.82) is 0 Å². The zero-order chi connectivity index (χ0) is 20.9. The van der Waals surface area contributed by atoms with Crippen LogP contribution in [-0.4, -0.2) is 67.0 Å². The van der Waals surface area contributed by atoms with E-state index >= 15 is 0 Å². The quantitative estimate of drug-likeness (QED) is 0.785. The summed E-state index contributed by atoms with van der Waals surface area (Å²) in [5, 5.41) is 0. The van der Waals surface area contributed by atoms with Gasteiger partial charge in [0.15, 0.2) is 6.10 Å². The fourth-order valence-corrected chi connectivity index (χ4v) is 3.92. The summed E-state index contributed by atoms with van der Waals surface area (Å²) in [4.78, 5) is 31.0. The van der Waals surface area contributed by atoms with Crippen LogP contribution in [0.1, 0.15) is 12.5 Å². The summed E-state index contributed by atoms with van der Waals surface area (Å²) in [6, 6.07) is 17.6. The predicted molar refractivity (Wildman–Crippen MR) is 117 cm³/mol. The van der Waals surface area contributed by atoms with Gasteiger partial charge < -0.3 is 14.5 Å². The molecule has 1 atom stereocenters. The largest absolute Gasteiger partial charge is 0.476 e. The number of para-hydroxylation sites is 2. The fourth-order valence-electron chi connectivity index (χ4n) is 3.92. The van der Waals surface area contributed by atoms with E-state index in [1.807, 2.05) is 47.4 Å². The van der Waals surface area contributed by atoms with Crippen LogP contribution in [0.5, 0.6) is 5.75 Å². The molecule has 2 aromatic rings. The summed E-state index contributed by atoms with van der Waals surface area (Å²) in [6.07, 6.45) is 3.63. The monoisotopic (exact) mass is 405 g/mol. The van der Waals surface area contributed by atoms with Gasteiger partial charge in [-0.05, 0) is 17.7 Å². The van der Waals surface area contributed by atoms with Crippen LogP contribution in [0.2, 0.25) is 0 Å². The lowest BCUT2D eigenvalue weighted by molar-refractivity contribution is -0.140. The molecule has 4 rings (SSSR count). The first-order valence-corrected chi connectivity index (χ1v) is 10.4. The van der Waals surface area contributed by atoms with Gasteiger partial charge in [-0.3, -0.25) is 14.5 Å². The summed E-state index contributed by atoms with van der Waals surface area (Å²) in [5.41, 5.74) is 1.92. The van der Waals surface area contributed by atoms with Crippen molar-refractivity contribution in [2.45, 2.75) is 13.0 Å². The molecule has 0 aromatic heterocycles. The summed E-state index contributed by atoms with van der Waals surface area (Å²) in [6.45, 7) is 5.62. The van der Waals surface area contributed by atoms with E-state index in [2.05, 4.69) is 29.2 Å². The van der Waals surface area contributed by atoms with Gasteiger partial charge in [-0.25, -0.2) is 0 Å².